The van der Waals surface area contributed by atoms with Gasteiger partial charge < -0.3 is 9.13 Å². The van der Waals surface area contributed by atoms with Crippen molar-refractivity contribution >= 4 is 54.3 Å². The fourth-order valence-electron chi connectivity index (χ4n) is 7.89. The van der Waals surface area contributed by atoms with E-state index >= 15 is 0 Å². The molecule has 48 heavy (non-hydrogen) atoms. The summed E-state index contributed by atoms with van der Waals surface area (Å²) >= 11 is 0. The molecule has 0 aliphatic rings. The van der Waals surface area contributed by atoms with Crippen molar-refractivity contribution in [1.82, 2.24) is 9.13 Å². The second kappa shape index (κ2) is 10.6. The maximum absolute atomic E-state index is 2.45. The number of para-hydroxylation sites is 2. The quantitative estimate of drug-likeness (QED) is 0.175. The molecule has 2 nitrogen and oxygen atoms in total. The molecule has 10 rings (SSSR count). The first-order valence-electron chi connectivity index (χ1n) is 16.5. The Balaban J connectivity index is 1.20. The summed E-state index contributed by atoms with van der Waals surface area (Å²) in [6.07, 6.45) is 2.19. The van der Waals surface area contributed by atoms with Crippen LogP contribution >= 0.6 is 0 Å². The van der Waals surface area contributed by atoms with Crippen molar-refractivity contribution in [2.24, 2.45) is 0 Å². The highest BCUT2D eigenvalue weighted by atomic mass is 15.0. The molecule has 2 heteroatoms. The van der Waals surface area contributed by atoms with Crippen LogP contribution in [0.25, 0.3) is 87.9 Å². The molecular formula is C46H30N2. The van der Waals surface area contributed by atoms with E-state index in [-0.39, 0.29) is 0 Å². The molecule has 0 N–H and O–H groups in total. The topological polar surface area (TPSA) is 9.86 Å². The molecule has 0 aliphatic heterocycles. The van der Waals surface area contributed by atoms with E-state index in [4.69, 9.17) is 0 Å². The number of hydrogen-bond donors (Lipinski definition) is 0. The minimum Gasteiger partial charge on any atom is -0.316 e. The number of fused-ring (bicyclic) bond motifs is 7. The molecule has 10 aromatic rings. The van der Waals surface area contributed by atoms with Gasteiger partial charge in [-0.1, -0.05) is 133 Å². The summed E-state index contributed by atoms with van der Waals surface area (Å²) in [5.41, 5.74) is 11.0. The minimum atomic E-state index is 1.15. The van der Waals surface area contributed by atoms with Crippen LogP contribution in [0, 0.1) is 0 Å². The molecule has 0 radical (unpaired) electrons. The number of rotatable bonds is 4. The Bertz CT molecular complexity index is 2750. The molecule has 8 aromatic carbocycles. The zero-order chi connectivity index (χ0) is 31.6. The van der Waals surface area contributed by atoms with E-state index in [9.17, 15) is 0 Å². The lowest BCUT2D eigenvalue weighted by Gasteiger charge is -2.18. The van der Waals surface area contributed by atoms with Gasteiger partial charge in [0.25, 0.3) is 0 Å². The summed E-state index contributed by atoms with van der Waals surface area (Å²) in [6, 6.07) is 63.9. The minimum absolute atomic E-state index is 1.15. The van der Waals surface area contributed by atoms with Gasteiger partial charge in [-0.15, -0.1) is 0 Å². The highest BCUT2D eigenvalue weighted by Crippen LogP contribution is 2.44. The Kier molecular flexibility index (Phi) is 5.91. The van der Waals surface area contributed by atoms with Crippen molar-refractivity contribution in [3.8, 4) is 33.6 Å². The second-order valence-corrected chi connectivity index (χ2v) is 12.5. The molecule has 0 spiro atoms. The summed E-state index contributed by atoms with van der Waals surface area (Å²) in [5.74, 6) is 0. The molecule has 0 saturated heterocycles. The second-order valence-electron chi connectivity index (χ2n) is 12.5. The van der Waals surface area contributed by atoms with Crippen molar-refractivity contribution < 1.29 is 0 Å². The van der Waals surface area contributed by atoms with Crippen LogP contribution < -0.4 is 0 Å². The maximum Gasteiger partial charge on any atom is 0.0635 e. The van der Waals surface area contributed by atoms with Gasteiger partial charge in [-0.3, -0.25) is 0 Å². The Hall–Kier alpha value is -6.38. The fourth-order valence-corrected chi connectivity index (χ4v) is 7.89. The molecule has 0 saturated carbocycles. The SMILES string of the molecule is c1ccc(-c2c3ccccc3c(-c3ccc(-n4c5ccccc5c5ccc6c(ccn6-c6ccccc6)c54)cc3)c3ccccc23)cc1. The van der Waals surface area contributed by atoms with Crippen LogP contribution in [0.5, 0.6) is 0 Å². The molecule has 0 unspecified atom stereocenters. The largest absolute Gasteiger partial charge is 0.316 e. The summed E-state index contributed by atoms with van der Waals surface area (Å²) in [4.78, 5) is 0. The zero-order valence-electron chi connectivity index (χ0n) is 26.2. The highest BCUT2D eigenvalue weighted by Gasteiger charge is 2.19. The third-order valence-corrected chi connectivity index (χ3v) is 9.95. The summed E-state index contributed by atoms with van der Waals surface area (Å²) in [6.45, 7) is 0. The van der Waals surface area contributed by atoms with Crippen molar-refractivity contribution in [2.75, 3.05) is 0 Å². The lowest BCUT2D eigenvalue weighted by Crippen LogP contribution is -1.95. The van der Waals surface area contributed by atoms with Crippen LogP contribution in [0.3, 0.4) is 0 Å². The Morgan fingerprint density at radius 2 is 0.812 bits per heavy atom. The van der Waals surface area contributed by atoms with Gasteiger partial charge in [0.15, 0.2) is 0 Å². The van der Waals surface area contributed by atoms with Gasteiger partial charge in [0.1, 0.15) is 0 Å². The first kappa shape index (κ1) is 26.8. The molecule has 224 valence electrons. The van der Waals surface area contributed by atoms with Gasteiger partial charge in [0.2, 0.25) is 0 Å². The Morgan fingerprint density at radius 1 is 0.292 bits per heavy atom. The van der Waals surface area contributed by atoms with Crippen LogP contribution in [0.1, 0.15) is 0 Å². The van der Waals surface area contributed by atoms with Crippen LogP contribution in [0.2, 0.25) is 0 Å². The van der Waals surface area contributed by atoms with E-state index in [1.165, 1.54) is 76.5 Å². The monoisotopic (exact) mass is 610 g/mol. The number of nitrogens with zero attached hydrogens (tertiary/aromatic N) is 2. The third kappa shape index (κ3) is 3.93. The first-order chi connectivity index (χ1) is 23.8. The first-order valence-corrected chi connectivity index (χ1v) is 16.5. The molecule has 0 atom stereocenters. The summed E-state index contributed by atoms with van der Waals surface area (Å²) in [5, 5.41) is 8.85. The molecule has 0 bridgehead atoms. The summed E-state index contributed by atoms with van der Waals surface area (Å²) in [7, 11) is 0. The Labute approximate surface area is 278 Å². The average molecular weight is 611 g/mol. The maximum atomic E-state index is 2.45. The van der Waals surface area contributed by atoms with E-state index in [0.717, 1.165) is 11.4 Å². The van der Waals surface area contributed by atoms with E-state index in [1.54, 1.807) is 0 Å². The predicted octanol–water partition coefficient (Wildman–Crippen LogP) is 12.4. The lowest BCUT2D eigenvalue weighted by atomic mass is 9.86. The van der Waals surface area contributed by atoms with E-state index < -0.39 is 0 Å². The molecule has 0 aliphatic carbocycles. The third-order valence-electron chi connectivity index (χ3n) is 9.95. The van der Waals surface area contributed by atoms with Crippen molar-refractivity contribution in [3.05, 3.63) is 182 Å². The van der Waals surface area contributed by atoms with E-state index in [0.29, 0.717) is 0 Å². The standard InChI is InChI=1S/C46H30N2/c1-3-13-31(14-4-1)44-36-18-7-9-20-38(36)45(39-21-10-8-19-37(39)44)32-23-25-34(26-24-32)48-43-22-12-11-17-35(43)40-27-28-42-41(46(40)48)29-30-47(42)33-15-5-2-6-16-33/h1-30H. The van der Waals surface area contributed by atoms with E-state index in [1.807, 2.05) is 0 Å². The van der Waals surface area contributed by atoms with Crippen molar-refractivity contribution in [2.45, 2.75) is 0 Å². The molecule has 2 aromatic heterocycles. The van der Waals surface area contributed by atoms with Gasteiger partial charge in [-0.25, -0.2) is 0 Å². The Morgan fingerprint density at radius 3 is 1.44 bits per heavy atom. The van der Waals surface area contributed by atoms with Gasteiger partial charge in [0.05, 0.1) is 16.6 Å². The highest BCUT2D eigenvalue weighted by molar-refractivity contribution is 6.22. The van der Waals surface area contributed by atoms with Crippen molar-refractivity contribution in [1.29, 1.82) is 0 Å². The average Bonchev–Trinajstić information content (AvgIpc) is 3.74. The van der Waals surface area contributed by atoms with Crippen LogP contribution in [0.4, 0.5) is 0 Å². The van der Waals surface area contributed by atoms with Gasteiger partial charge in [-0.2, -0.15) is 0 Å². The normalized spacial score (nSPS) is 11.8. The predicted molar refractivity (Wildman–Crippen MR) is 203 cm³/mol. The van der Waals surface area contributed by atoms with Gasteiger partial charge in [-0.05, 0) is 86.3 Å². The smallest absolute Gasteiger partial charge is 0.0635 e. The van der Waals surface area contributed by atoms with Gasteiger partial charge >= 0.3 is 0 Å². The number of benzene rings is 8. The molecule has 0 amide bonds. The lowest BCUT2D eigenvalue weighted by molar-refractivity contribution is 1.13. The van der Waals surface area contributed by atoms with Crippen LogP contribution in [0.15, 0.2) is 182 Å². The van der Waals surface area contributed by atoms with Crippen LogP contribution in [-0.2, 0) is 0 Å². The molecule has 2 heterocycles. The fraction of sp³-hybridized carbons (Fsp3) is 0. The van der Waals surface area contributed by atoms with Gasteiger partial charge in [0, 0.05) is 33.7 Å². The number of hydrogen-bond acceptors (Lipinski definition) is 0. The molecular weight excluding hydrogens is 581 g/mol. The van der Waals surface area contributed by atoms with Crippen molar-refractivity contribution in [3.63, 3.8) is 0 Å². The number of aromatic nitrogens is 2. The zero-order valence-corrected chi connectivity index (χ0v) is 26.2. The van der Waals surface area contributed by atoms with E-state index in [2.05, 4.69) is 191 Å². The molecule has 0 fully saturated rings. The van der Waals surface area contributed by atoms with Crippen LogP contribution in [-0.4, -0.2) is 9.13 Å². The summed E-state index contributed by atoms with van der Waals surface area (Å²) < 4.78 is 4.73.